The Hall–Kier alpha value is -0.0400. The summed E-state index contributed by atoms with van der Waals surface area (Å²) in [5.41, 5.74) is 0. The van der Waals surface area contributed by atoms with Crippen LogP contribution in [0.2, 0.25) is 0 Å². The van der Waals surface area contributed by atoms with Gasteiger partial charge in [0.2, 0.25) is 0 Å². The van der Waals surface area contributed by atoms with Crippen LogP contribution in [0.5, 0.6) is 0 Å². The minimum atomic E-state index is 0.913. The highest BCUT2D eigenvalue weighted by molar-refractivity contribution is 4.26. The number of ether oxygens (including phenoxy) is 1. The van der Waals surface area contributed by atoms with Crippen molar-refractivity contribution in [1.29, 1.82) is 0 Å². The minimum absolute atomic E-state index is 0.913. The van der Waals surface area contributed by atoms with Crippen LogP contribution < -0.4 is 0 Å². The molecule has 0 aliphatic rings. The fourth-order valence-electron chi connectivity index (χ4n) is 0.642. The van der Waals surface area contributed by atoms with E-state index in [9.17, 15) is 0 Å². The molecule has 0 atom stereocenters. The molecule has 11 heavy (non-hydrogen) atoms. The van der Waals surface area contributed by atoms with Gasteiger partial charge in [-0.25, -0.2) is 0 Å². The van der Waals surface area contributed by atoms with E-state index in [-0.39, 0.29) is 0 Å². The molecule has 0 saturated carbocycles. The summed E-state index contributed by atoms with van der Waals surface area (Å²) in [5.74, 6) is 0. The Morgan fingerprint density at radius 2 is 1.27 bits per heavy atom. The van der Waals surface area contributed by atoms with Crippen molar-refractivity contribution in [3.8, 4) is 0 Å². The molecule has 1 nitrogen and oxygen atoms in total. The highest BCUT2D eigenvalue weighted by Gasteiger charge is 1.74. The number of rotatable bonds is 5. The van der Waals surface area contributed by atoms with E-state index in [4.69, 9.17) is 4.74 Å². The van der Waals surface area contributed by atoms with Crippen molar-refractivity contribution >= 4 is 0 Å². The zero-order chi connectivity index (χ0) is 8.95. The second kappa shape index (κ2) is 16.5. The van der Waals surface area contributed by atoms with E-state index in [1.807, 2.05) is 0 Å². The van der Waals surface area contributed by atoms with E-state index in [2.05, 4.69) is 20.8 Å². The van der Waals surface area contributed by atoms with E-state index in [0.29, 0.717) is 0 Å². The van der Waals surface area contributed by atoms with Crippen LogP contribution >= 0.6 is 0 Å². The maximum absolute atomic E-state index is 4.78. The van der Waals surface area contributed by atoms with E-state index >= 15 is 0 Å². The molecule has 0 heterocycles. The lowest BCUT2D eigenvalue weighted by molar-refractivity contribution is 0.194. The number of unbranched alkanes of at least 4 members (excludes halogenated alkanes) is 3. The van der Waals surface area contributed by atoms with Crippen molar-refractivity contribution in [1.82, 2.24) is 0 Å². The predicted molar refractivity (Wildman–Crippen MR) is 52.0 cm³/mol. The van der Waals surface area contributed by atoms with E-state index in [1.54, 1.807) is 7.11 Å². The quantitative estimate of drug-likeness (QED) is 0.558. The molecule has 0 unspecified atom stereocenters. The maximum Gasteiger partial charge on any atom is 0.0462 e. The van der Waals surface area contributed by atoms with Gasteiger partial charge in [-0.15, -0.1) is 0 Å². The molecule has 0 aliphatic carbocycles. The van der Waals surface area contributed by atoms with Crippen molar-refractivity contribution in [3.63, 3.8) is 0 Å². The monoisotopic (exact) mass is 160 g/mol. The Kier molecular flexibility index (Phi) is 20.3. The molecule has 0 spiro atoms. The molecule has 0 fully saturated rings. The lowest BCUT2D eigenvalue weighted by atomic mass is 10.3. The van der Waals surface area contributed by atoms with Gasteiger partial charge in [0.15, 0.2) is 0 Å². The van der Waals surface area contributed by atoms with Crippen LogP contribution in [-0.4, -0.2) is 13.7 Å². The molecule has 0 aromatic carbocycles. The van der Waals surface area contributed by atoms with Gasteiger partial charge in [0, 0.05) is 13.7 Å². The average molecular weight is 160 g/mol. The fourth-order valence-corrected chi connectivity index (χ4v) is 0.642. The molecule has 70 valence electrons. The Morgan fingerprint density at radius 3 is 1.36 bits per heavy atom. The molecule has 0 saturated heterocycles. The van der Waals surface area contributed by atoms with Gasteiger partial charge in [0.1, 0.15) is 0 Å². The summed E-state index contributed by atoms with van der Waals surface area (Å²) in [6.45, 7) is 7.49. The molecule has 0 aromatic heterocycles. The SMILES string of the molecule is CCCCC.CCCCOC. The summed E-state index contributed by atoms with van der Waals surface area (Å²) in [6.07, 6.45) is 6.50. The van der Waals surface area contributed by atoms with Gasteiger partial charge in [-0.2, -0.15) is 0 Å². The zero-order valence-electron chi connectivity index (χ0n) is 8.65. The first-order valence-electron chi connectivity index (χ1n) is 4.82. The van der Waals surface area contributed by atoms with E-state index in [0.717, 1.165) is 6.61 Å². The average Bonchev–Trinajstić information content (AvgIpc) is 2.04. The van der Waals surface area contributed by atoms with Gasteiger partial charge in [-0.3, -0.25) is 0 Å². The maximum atomic E-state index is 4.78. The molecule has 0 N–H and O–H groups in total. The largest absolute Gasteiger partial charge is 0.385 e. The molecular weight excluding hydrogens is 136 g/mol. The Morgan fingerprint density at radius 1 is 0.818 bits per heavy atom. The Labute approximate surface area is 72.1 Å². The third-order valence-electron chi connectivity index (χ3n) is 1.41. The Bertz CT molecular complexity index is 38.1. The molecule has 0 rings (SSSR count). The summed E-state index contributed by atoms with van der Waals surface area (Å²) in [6, 6.07) is 0. The van der Waals surface area contributed by atoms with Crippen molar-refractivity contribution in [3.05, 3.63) is 0 Å². The third kappa shape index (κ3) is 25.7. The third-order valence-corrected chi connectivity index (χ3v) is 1.41. The van der Waals surface area contributed by atoms with Crippen LogP contribution in [0, 0.1) is 0 Å². The molecule has 0 aliphatic heterocycles. The van der Waals surface area contributed by atoms with Gasteiger partial charge >= 0.3 is 0 Å². The number of hydrogen-bond donors (Lipinski definition) is 0. The van der Waals surface area contributed by atoms with Crippen molar-refractivity contribution in [2.75, 3.05) is 13.7 Å². The number of hydrogen-bond acceptors (Lipinski definition) is 1. The normalized spacial score (nSPS) is 8.73. The van der Waals surface area contributed by atoms with Crippen molar-refractivity contribution in [2.45, 2.75) is 52.9 Å². The molecule has 0 aromatic rings. The van der Waals surface area contributed by atoms with Crippen molar-refractivity contribution < 1.29 is 4.74 Å². The number of methoxy groups -OCH3 is 1. The van der Waals surface area contributed by atoms with Crippen LogP contribution in [-0.2, 0) is 4.74 Å². The van der Waals surface area contributed by atoms with Gasteiger partial charge in [0.05, 0.1) is 0 Å². The van der Waals surface area contributed by atoms with E-state index < -0.39 is 0 Å². The lowest BCUT2D eigenvalue weighted by Gasteiger charge is -1.89. The second-order valence-corrected chi connectivity index (χ2v) is 2.70. The van der Waals surface area contributed by atoms with Crippen LogP contribution in [0.3, 0.4) is 0 Å². The first-order valence-corrected chi connectivity index (χ1v) is 4.82. The summed E-state index contributed by atoms with van der Waals surface area (Å²) in [7, 11) is 1.73. The van der Waals surface area contributed by atoms with Gasteiger partial charge in [-0.1, -0.05) is 46.5 Å². The van der Waals surface area contributed by atoms with Gasteiger partial charge < -0.3 is 4.74 Å². The van der Waals surface area contributed by atoms with Crippen LogP contribution in [0.25, 0.3) is 0 Å². The van der Waals surface area contributed by atoms with Crippen LogP contribution in [0.1, 0.15) is 52.9 Å². The second-order valence-electron chi connectivity index (χ2n) is 2.70. The predicted octanol–water partition coefficient (Wildman–Crippen LogP) is 3.63. The first kappa shape index (κ1) is 13.5. The lowest BCUT2D eigenvalue weighted by Crippen LogP contribution is -1.84. The minimum Gasteiger partial charge on any atom is -0.385 e. The summed E-state index contributed by atoms with van der Waals surface area (Å²) in [4.78, 5) is 0. The molecule has 0 bridgehead atoms. The van der Waals surface area contributed by atoms with Gasteiger partial charge in [0.25, 0.3) is 0 Å². The van der Waals surface area contributed by atoms with Crippen molar-refractivity contribution in [2.24, 2.45) is 0 Å². The molecular formula is C10H24O. The van der Waals surface area contributed by atoms with Crippen LogP contribution in [0.15, 0.2) is 0 Å². The Balaban J connectivity index is 0. The topological polar surface area (TPSA) is 9.23 Å². The zero-order valence-corrected chi connectivity index (χ0v) is 8.65. The van der Waals surface area contributed by atoms with Crippen LogP contribution in [0.4, 0.5) is 0 Å². The summed E-state index contributed by atoms with van der Waals surface area (Å²) in [5, 5.41) is 0. The highest BCUT2D eigenvalue weighted by Crippen LogP contribution is 1.88. The molecule has 0 radical (unpaired) electrons. The van der Waals surface area contributed by atoms with Gasteiger partial charge in [-0.05, 0) is 6.42 Å². The smallest absolute Gasteiger partial charge is 0.0462 e. The first-order chi connectivity index (χ1) is 5.33. The summed E-state index contributed by atoms with van der Waals surface area (Å²) < 4.78 is 4.78. The highest BCUT2D eigenvalue weighted by atomic mass is 16.5. The summed E-state index contributed by atoms with van der Waals surface area (Å²) >= 11 is 0. The molecule has 1 heteroatoms. The molecule has 0 amide bonds. The fraction of sp³-hybridized carbons (Fsp3) is 1.00. The standard InChI is InChI=1S/C5H12O.C5H12/c1-3-4-5-6-2;1-3-5-4-2/h3-5H2,1-2H3;3-5H2,1-2H3. The van der Waals surface area contributed by atoms with E-state index in [1.165, 1.54) is 32.1 Å².